The van der Waals surface area contributed by atoms with Crippen molar-refractivity contribution in [3.05, 3.63) is 30.1 Å². The number of hydrogen-bond donors (Lipinski definition) is 0. The molecule has 7 nitrogen and oxygen atoms in total. The normalized spacial score (nSPS) is 16.4. The SMILES string of the molecule is CCCCCCCCCCCCCCCCOC[C@H]1CO[C@H](COC(=O)N(Cc2cccc[n+]2CC)C(C)=O)C1.[I-]. The number of imide groups is 1. The van der Waals surface area contributed by atoms with Crippen LogP contribution in [0.3, 0.4) is 0 Å². The van der Waals surface area contributed by atoms with Crippen molar-refractivity contribution in [2.75, 3.05) is 26.4 Å². The standard InChI is InChI=1S/C33H57N2O5.HI/c1-4-6-7-8-9-10-11-12-13-14-15-16-17-20-23-38-26-30-24-32(39-27-30)28-40-33(37)35(29(3)36)25-31-21-18-19-22-34(31)5-2;/h18-19,21-22,30,32H,4-17,20,23-28H2,1-3H3;1H/q+1;/p-1/t30-,32-;/m0./s1. The number of carbonyl (C=O) groups is 2. The number of carbonyl (C=O) groups excluding carboxylic acids is 2. The van der Waals surface area contributed by atoms with Gasteiger partial charge in [0.1, 0.15) is 19.7 Å². The quantitative estimate of drug-likeness (QED) is 0.103. The molecule has 0 saturated carbocycles. The summed E-state index contributed by atoms with van der Waals surface area (Å²) in [6, 6.07) is 5.75. The molecule has 1 fully saturated rings. The van der Waals surface area contributed by atoms with E-state index in [0.29, 0.717) is 19.1 Å². The van der Waals surface area contributed by atoms with Gasteiger partial charge in [-0.3, -0.25) is 4.79 Å². The summed E-state index contributed by atoms with van der Waals surface area (Å²) in [5.74, 6) is -0.00860. The van der Waals surface area contributed by atoms with Crippen LogP contribution in [0.15, 0.2) is 24.4 Å². The Morgan fingerprint density at radius 1 is 0.902 bits per heavy atom. The smallest absolute Gasteiger partial charge is 0.417 e. The molecule has 0 unspecified atom stereocenters. The van der Waals surface area contributed by atoms with Crippen LogP contribution in [0.2, 0.25) is 0 Å². The molecule has 236 valence electrons. The van der Waals surface area contributed by atoms with Crippen molar-refractivity contribution >= 4 is 12.0 Å². The summed E-state index contributed by atoms with van der Waals surface area (Å²) in [5.41, 5.74) is 0.880. The number of halogens is 1. The number of hydrogen-bond acceptors (Lipinski definition) is 5. The minimum atomic E-state index is -0.625. The van der Waals surface area contributed by atoms with Crippen LogP contribution in [-0.2, 0) is 32.1 Å². The van der Waals surface area contributed by atoms with Crippen LogP contribution in [0.5, 0.6) is 0 Å². The second-order valence-electron chi connectivity index (χ2n) is 11.4. The maximum atomic E-state index is 12.7. The summed E-state index contributed by atoms with van der Waals surface area (Å²) in [6.45, 7) is 8.90. The zero-order chi connectivity index (χ0) is 28.8. The van der Waals surface area contributed by atoms with Crippen LogP contribution in [0, 0.1) is 5.92 Å². The second-order valence-corrected chi connectivity index (χ2v) is 11.4. The lowest BCUT2D eigenvalue weighted by molar-refractivity contribution is -0.701. The molecule has 1 aliphatic rings. The molecule has 0 radical (unpaired) electrons. The van der Waals surface area contributed by atoms with Crippen molar-refractivity contribution < 1.29 is 52.3 Å². The number of pyridine rings is 1. The Bertz CT molecular complexity index is 825. The Hall–Kier alpha value is -1.26. The monoisotopic (exact) mass is 688 g/mol. The van der Waals surface area contributed by atoms with Crippen LogP contribution in [0.4, 0.5) is 4.79 Å². The van der Waals surface area contributed by atoms with Crippen molar-refractivity contribution in [1.29, 1.82) is 0 Å². The van der Waals surface area contributed by atoms with Gasteiger partial charge in [-0.2, -0.15) is 0 Å². The maximum absolute atomic E-state index is 12.7. The number of ether oxygens (including phenoxy) is 3. The predicted octanol–water partition coefficient (Wildman–Crippen LogP) is 4.39. The fraction of sp³-hybridized carbons (Fsp3) is 0.788. The van der Waals surface area contributed by atoms with E-state index in [2.05, 4.69) is 6.92 Å². The van der Waals surface area contributed by atoms with E-state index < -0.39 is 6.09 Å². The number of unbranched alkanes of at least 4 members (excludes halogenated alkanes) is 13. The molecule has 1 aliphatic heterocycles. The Kier molecular flexibility index (Phi) is 22.3. The first kappa shape index (κ1) is 37.8. The van der Waals surface area contributed by atoms with E-state index in [9.17, 15) is 9.59 Å². The van der Waals surface area contributed by atoms with Gasteiger partial charge in [-0.15, -0.1) is 0 Å². The molecule has 0 spiro atoms. The molecule has 1 saturated heterocycles. The Morgan fingerprint density at radius 2 is 1.51 bits per heavy atom. The third-order valence-corrected chi connectivity index (χ3v) is 7.85. The van der Waals surface area contributed by atoms with Crippen LogP contribution in [-0.4, -0.2) is 49.4 Å². The Morgan fingerprint density at radius 3 is 2.10 bits per heavy atom. The molecule has 0 N–H and O–H groups in total. The van der Waals surface area contributed by atoms with Crippen LogP contribution >= 0.6 is 0 Å². The van der Waals surface area contributed by atoms with Crippen molar-refractivity contribution in [2.45, 2.75) is 136 Å². The van der Waals surface area contributed by atoms with E-state index in [1.165, 1.54) is 90.4 Å². The highest BCUT2D eigenvalue weighted by molar-refractivity contribution is 5.90. The molecule has 2 amide bonds. The minimum Gasteiger partial charge on any atom is -1.00 e. The third-order valence-electron chi connectivity index (χ3n) is 7.85. The largest absolute Gasteiger partial charge is 1.00 e. The molecule has 0 bridgehead atoms. The highest BCUT2D eigenvalue weighted by atomic mass is 127. The first-order valence-electron chi connectivity index (χ1n) is 16.2. The van der Waals surface area contributed by atoms with Crippen molar-refractivity contribution in [3.8, 4) is 0 Å². The van der Waals surface area contributed by atoms with Gasteiger partial charge in [0.2, 0.25) is 11.6 Å². The third kappa shape index (κ3) is 16.8. The summed E-state index contributed by atoms with van der Waals surface area (Å²) in [7, 11) is 0. The van der Waals surface area contributed by atoms with Gasteiger partial charge in [0.05, 0.1) is 19.3 Å². The molecular formula is C33H57IN2O5. The predicted molar refractivity (Wildman–Crippen MR) is 159 cm³/mol. The molecular weight excluding hydrogens is 631 g/mol. The lowest BCUT2D eigenvalue weighted by atomic mass is 10.0. The topological polar surface area (TPSA) is 69.0 Å². The van der Waals surface area contributed by atoms with Crippen LogP contribution in [0.25, 0.3) is 0 Å². The van der Waals surface area contributed by atoms with E-state index in [4.69, 9.17) is 14.2 Å². The van der Waals surface area contributed by atoms with Gasteiger partial charge in [0, 0.05) is 31.6 Å². The van der Waals surface area contributed by atoms with E-state index in [1.807, 2.05) is 35.9 Å². The number of aromatic nitrogens is 1. The summed E-state index contributed by atoms with van der Waals surface area (Å²) in [4.78, 5) is 25.9. The van der Waals surface area contributed by atoms with Gasteiger partial charge in [-0.25, -0.2) is 14.3 Å². The summed E-state index contributed by atoms with van der Waals surface area (Å²) < 4.78 is 19.2. The molecule has 0 aromatic carbocycles. The van der Waals surface area contributed by atoms with Crippen molar-refractivity contribution in [1.82, 2.24) is 4.90 Å². The number of aryl methyl sites for hydroxylation is 1. The van der Waals surface area contributed by atoms with Gasteiger partial charge in [-0.05, 0) is 19.8 Å². The average molecular weight is 689 g/mol. The zero-order valence-corrected chi connectivity index (χ0v) is 28.3. The number of nitrogens with zero attached hydrogens (tertiary/aromatic N) is 2. The summed E-state index contributed by atoms with van der Waals surface area (Å²) in [6.07, 6.45) is 21.0. The summed E-state index contributed by atoms with van der Waals surface area (Å²) >= 11 is 0. The fourth-order valence-electron chi connectivity index (χ4n) is 5.33. The molecule has 41 heavy (non-hydrogen) atoms. The van der Waals surface area contributed by atoms with Crippen LogP contribution < -0.4 is 28.5 Å². The molecule has 0 aliphatic carbocycles. The van der Waals surface area contributed by atoms with E-state index in [0.717, 1.165) is 36.6 Å². The summed E-state index contributed by atoms with van der Waals surface area (Å²) in [5, 5.41) is 0. The second kappa shape index (κ2) is 24.2. The van der Waals surface area contributed by atoms with Crippen molar-refractivity contribution in [2.24, 2.45) is 5.92 Å². The molecule has 2 heterocycles. The Balaban J connectivity index is 0.00000840. The highest BCUT2D eigenvalue weighted by Crippen LogP contribution is 2.21. The van der Waals surface area contributed by atoms with E-state index in [1.54, 1.807) is 0 Å². The first-order chi connectivity index (χ1) is 19.5. The minimum absolute atomic E-state index is 0. The van der Waals surface area contributed by atoms with Gasteiger partial charge < -0.3 is 38.2 Å². The number of rotatable bonds is 22. The zero-order valence-electron chi connectivity index (χ0n) is 26.1. The van der Waals surface area contributed by atoms with Crippen molar-refractivity contribution in [3.63, 3.8) is 0 Å². The van der Waals surface area contributed by atoms with E-state index in [-0.39, 0.29) is 49.1 Å². The van der Waals surface area contributed by atoms with Gasteiger partial charge in [0.15, 0.2) is 6.20 Å². The lowest BCUT2D eigenvalue weighted by Crippen LogP contribution is -3.00. The highest BCUT2D eigenvalue weighted by Gasteiger charge is 2.29. The Labute approximate surface area is 267 Å². The van der Waals surface area contributed by atoms with E-state index >= 15 is 0 Å². The fourth-order valence-corrected chi connectivity index (χ4v) is 5.33. The lowest BCUT2D eigenvalue weighted by Gasteiger charge is -2.19. The first-order valence-corrected chi connectivity index (χ1v) is 16.2. The van der Waals surface area contributed by atoms with Gasteiger partial charge >= 0.3 is 6.09 Å². The molecule has 2 atom stereocenters. The van der Waals surface area contributed by atoms with Gasteiger partial charge in [-0.1, -0.05) is 96.5 Å². The maximum Gasteiger partial charge on any atom is 0.417 e. The average Bonchev–Trinajstić information content (AvgIpc) is 3.42. The number of amides is 2. The molecule has 2 rings (SSSR count). The van der Waals surface area contributed by atoms with Crippen LogP contribution in [0.1, 0.15) is 123 Å². The molecule has 1 aromatic heterocycles. The molecule has 1 aromatic rings. The molecule has 8 heteroatoms. The van der Waals surface area contributed by atoms with Gasteiger partial charge in [0.25, 0.3) is 0 Å².